The van der Waals surface area contributed by atoms with Gasteiger partial charge < -0.3 is 0 Å². The number of hydrogen-bond acceptors (Lipinski definition) is 1. The first-order chi connectivity index (χ1) is 8.54. The van der Waals surface area contributed by atoms with E-state index in [1.807, 2.05) is 12.1 Å². The number of aryl methyl sites for hydroxylation is 1. The van der Waals surface area contributed by atoms with E-state index in [0.29, 0.717) is 5.78 Å². The number of Topliss-reactive ketones (excluding diaryl/α,β-unsaturated/α-hetero) is 1. The summed E-state index contributed by atoms with van der Waals surface area (Å²) >= 11 is 0. The van der Waals surface area contributed by atoms with Gasteiger partial charge in [-0.2, -0.15) is 0 Å². The quantitative estimate of drug-likeness (QED) is 0.707. The second-order valence-corrected chi connectivity index (χ2v) is 6.21. The van der Waals surface area contributed by atoms with Crippen molar-refractivity contribution in [1.29, 1.82) is 0 Å². The largest absolute Gasteiger partial charge is 0.294 e. The Morgan fingerprint density at radius 1 is 1.33 bits per heavy atom. The number of benzene rings is 1. The van der Waals surface area contributed by atoms with E-state index in [2.05, 4.69) is 32.9 Å². The third-order valence-corrected chi connectivity index (χ3v) is 4.44. The van der Waals surface area contributed by atoms with E-state index in [9.17, 15) is 4.79 Å². The summed E-state index contributed by atoms with van der Waals surface area (Å²) in [5.74, 6) is 0.563. The molecule has 0 aliphatic heterocycles. The first-order valence-corrected chi connectivity index (χ1v) is 7.18. The average Bonchev–Trinajstić information content (AvgIpc) is 2.37. The second-order valence-electron chi connectivity index (χ2n) is 6.21. The molecule has 1 aromatic carbocycles. The van der Waals surface area contributed by atoms with Crippen molar-refractivity contribution in [1.82, 2.24) is 0 Å². The van der Waals surface area contributed by atoms with Crippen LogP contribution in [0.25, 0.3) is 0 Å². The third-order valence-electron chi connectivity index (χ3n) is 4.44. The van der Waals surface area contributed by atoms with Crippen LogP contribution in [0.2, 0.25) is 0 Å². The van der Waals surface area contributed by atoms with E-state index in [1.54, 1.807) is 0 Å². The van der Waals surface area contributed by atoms with Gasteiger partial charge in [-0.05, 0) is 36.3 Å². The van der Waals surface area contributed by atoms with Crippen LogP contribution in [0.1, 0.15) is 62.4 Å². The zero-order chi connectivity index (χ0) is 13.2. The topological polar surface area (TPSA) is 17.1 Å². The third kappa shape index (κ3) is 2.66. The molecule has 1 nitrogen and oxygen atoms in total. The molecule has 2 rings (SSSR count). The standard InChI is InChI=1S/C17H24O/c1-4-13-8-7-9-14(12-13)16(18)15-10-5-6-11-17(15,2)3/h7-9,12,15H,4-6,10-11H2,1-3H3. The summed E-state index contributed by atoms with van der Waals surface area (Å²) in [4.78, 5) is 12.7. The molecule has 0 heterocycles. The molecule has 0 amide bonds. The van der Waals surface area contributed by atoms with Crippen molar-refractivity contribution in [2.75, 3.05) is 0 Å². The molecule has 1 fully saturated rings. The fraction of sp³-hybridized carbons (Fsp3) is 0.588. The highest BCUT2D eigenvalue weighted by Crippen LogP contribution is 2.42. The molecule has 1 aromatic rings. The molecule has 0 N–H and O–H groups in total. The molecule has 0 aromatic heterocycles. The van der Waals surface area contributed by atoms with Gasteiger partial charge in [0.25, 0.3) is 0 Å². The molecule has 0 spiro atoms. The van der Waals surface area contributed by atoms with Crippen LogP contribution in [-0.2, 0) is 6.42 Å². The van der Waals surface area contributed by atoms with Crippen molar-refractivity contribution in [2.24, 2.45) is 11.3 Å². The maximum atomic E-state index is 12.7. The normalized spacial score (nSPS) is 22.7. The Morgan fingerprint density at radius 3 is 2.78 bits per heavy atom. The Kier molecular flexibility index (Phi) is 3.89. The Balaban J connectivity index is 2.24. The van der Waals surface area contributed by atoms with Gasteiger partial charge in [-0.15, -0.1) is 0 Å². The van der Waals surface area contributed by atoms with Crippen LogP contribution in [0.5, 0.6) is 0 Å². The van der Waals surface area contributed by atoms with Crippen molar-refractivity contribution in [3.05, 3.63) is 35.4 Å². The van der Waals surface area contributed by atoms with Crippen LogP contribution >= 0.6 is 0 Å². The molecular formula is C17H24O. The summed E-state index contributed by atoms with van der Waals surface area (Å²) in [5.41, 5.74) is 2.33. The van der Waals surface area contributed by atoms with Gasteiger partial charge in [0.1, 0.15) is 0 Å². The van der Waals surface area contributed by atoms with Crippen LogP contribution in [-0.4, -0.2) is 5.78 Å². The first kappa shape index (κ1) is 13.3. The van der Waals surface area contributed by atoms with Crippen LogP contribution < -0.4 is 0 Å². The highest BCUT2D eigenvalue weighted by Gasteiger charge is 2.37. The van der Waals surface area contributed by atoms with Crippen molar-refractivity contribution in [3.63, 3.8) is 0 Å². The monoisotopic (exact) mass is 244 g/mol. The molecule has 1 saturated carbocycles. The second kappa shape index (κ2) is 5.26. The Hall–Kier alpha value is -1.11. The predicted octanol–water partition coefficient (Wildman–Crippen LogP) is 4.65. The van der Waals surface area contributed by atoms with E-state index in [0.717, 1.165) is 18.4 Å². The molecule has 1 aliphatic carbocycles. The molecule has 98 valence electrons. The molecule has 18 heavy (non-hydrogen) atoms. The minimum Gasteiger partial charge on any atom is -0.294 e. The van der Waals surface area contributed by atoms with E-state index >= 15 is 0 Å². The zero-order valence-corrected chi connectivity index (χ0v) is 11.8. The van der Waals surface area contributed by atoms with E-state index in [-0.39, 0.29) is 11.3 Å². The summed E-state index contributed by atoms with van der Waals surface area (Å²) in [7, 11) is 0. The van der Waals surface area contributed by atoms with Gasteiger partial charge >= 0.3 is 0 Å². The van der Waals surface area contributed by atoms with Gasteiger partial charge in [0.15, 0.2) is 5.78 Å². The van der Waals surface area contributed by atoms with Crippen LogP contribution in [0.4, 0.5) is 0 Å². The Bertz CT molecular complexity index is 431. The lowest BCUT2D eigenvalue weighted by molar-refractivity contribution is 0.0697. The zero-order valence-electron chi connectivity index (χ0n) is 11.8. The maximum Gasteiger partial charge on any atom is 0.166 e. The summed E-state index contributed by atoms with van der Waals surface area (Å²) in [6, 6.07) is 8.17. The smallest absolute Gasteiger partial charge is 0.166 e. The van der Waals surface area contributed by atoms with Gasteiger partial charge in [-0.1, -0.05) is 51.8 Å². The SMILES string of the molecule is CCc1cccc(C(=O)C2CCCCC2(C)C)c1. The minimum absolute atomic E-state index is 0.164. The van der Waals surface area contributed by atoms with Gasteiger partial charge in [-0.25, -0.2) is 0 Å². The molecule has 0 saturated heterocycles. The van der Waals surface area contributed by atoms with Gasteiger partial charge in [0.2, 0.25) is 0 Å². The minimum atomic E-state index is 0.164. The van der Waals surface area contributed by atoms with E-state index in [4.69, 9.17) is 0 Å². The van der Waals surface area contributed by atoms with Gasteiger partial charge in [-0.3, -0.25) is 4.79 Å². The number of rotatable bonds is 3. The van der Waals surface area contributed by atoms with E-state index < -0.39 is 0 Å². The van der Waals surface area contributed by atoms with Crippen molar-refractivity contribution >= 4 is 5.78 Å². The van der Waals surface area contributed by atoms with E-state index in [1.165, 1.54) is 24.8 Å². The van der Waals surface area contributed by atoms with Crippen LogP contribution in [0.15, 0.2) is 24.3 Å². The van der Waals surface area contributed by atoms with Gasteiger partial charge in [0.05, 0.1) is 0 Å². The lowest BCUT2D eigenvalue weighted by Crippen LogP contribution is -2.34. The summed E-state index contributed by atoms with van der Waals surface area (Å²) in [5, 5.41) is 0. The molecular weight excluding hydrogens is 220 g/mol. The summed E-state index contributed by atoms with van der Waals surface area (Å²) < 4.78 is 0. The maximum absolute atomic E-state index is 12.7. The predicted molar refractivity (Wildman–Crippen MR) is 75.9 cm³/mol. The number of hydrogen-bond donors (Lipinski definition) is 0. The molecule has 1 aliphatic rings. The highest BCUT2D eigenvalue weighted by molar-refractivity contribution is 5.98. The molecule has 0 radical (unpaired) electrons. The number of carbonyl (C=O) groups is 1. The van der Waals surface area contributed by atoms with Crippen molar-refractivity contribution in [3.8, 4) is 0 Å². The average molecular weight is 244 g/mol. The molecule has 1 unspecified atom stereocenters. The number of carbonyl (C=O) groups excluding carboxylic acids is 1. The first-order valence-electron chi connectivity index (χ1n) is 7.18. The Morgan fingerprint density at radius 2 is 2.11 bits per heavy atom. The van der Waals surface area contributed by atoms with Crippen LogP contribution in [0, 0.1) is 11.3 Å². The molecule has 1 heteroatoms. The lowest BCUT2D eigenvalue weighted by atomic mass is 9.66. The lowest BCUT2D eigenvalue weighted by Gasteiger charge is -2.37. The summed E-state index contributed by atoms with van der Waals surface area (Å²) in [6.45, 7) is 6.63. The highest BCUT2D eigenvalue weighted by atomic mass is 16.1. The van der Waals surface area contributed by atoms with Crippen LogP contribution in [0.3, 0.4) is 0 Å². The fourth-order valence-corrected chi connectivity index (χ4v) is 3.13. The summed E-state index contributed by atoms with van der Waals surface area (Å²) in [6.07, 6.45) is 5.70. The van der Waals surface area contributed by atoms with Gasteiger partial charge in [0, 0.05) is 11.5 Å². The number of ketones is 1. The molecule has 0 bridgehead atoms. The van der Waals surface area contributed by atoms with Crippen molar-refractivity contribution < 1.29 is 4.79 Å². The van der Waals surface area contributed by atoms with Crippen molar-refractivity contribution in [2.45, 2.75) is 52.9 Å². The fourth-order valence-electron chi connectivity index (χ4n) is 3.13. The molecule has 1 atom stereocenters. The Labute approximate surface area is 111 Å².